The van der Waals surface area contributed by atoms with Gasteiger partial charge in [-0.3, -0.25) is 10.1 Å². The first kappa shape index (κ1) is 19.5. The number of rotatable bonds is 6. The lowest BCUT2D eigenvalue weighted by Crippen LogP contribution is -2.13. The Morgan fingerprint density at radius 1 is 1.25 bits per heavy atom. The first-order chi connectivity index (χ1) is 13.4. The summed E-state index contributed by atoms with van der Waals surface area (Å²) in [6.45, 7) is 1.48. The average Bonchev–Trinajstić information content (AvgIpc) is 3.36. The van der Waals surface area contributed by atoms with Gasteiger partial charge in [-0.15, -0.1) is 10.2 Å². The Balaban J connectivity index is 1.77. The first-order valence-electron chi connectivity index (χ1n) is 8.07. The number of anilines is 1. The van der Waals surface area contributed by atoms with Gasteiger partial charge in [0.25, 0.3) is 5.91 Å². The summed E-state index contributed by atoms with van der Waals surface area (Å²) in [5.41, 5.74) is 0.646. The molecule has 0 aliphatic rings. The summed E-state index contributed by atoms with van der Waals surface area (Å²) < 4.78 is 29.0. The van der Waals surface area contributed by atoms with Crippen molar-refractivity contribution in [1.29, 1.82) is 5.26 Å². The van der Waals surface area contributed by atoms with E-state index in [1.165, 1.54) is 13.0 Å². The first-order valence-corrected chi connectivity index (χ1v) is 10.5. The van der Waals surface area contributed by atoms with E-state index in [0.29, 0.717) is 11.5 Å². The van der Waals surface area contributed by atoms with Crippen LogP contribution in [0.5, 0.6) is 0 Å². The SMILES string of the molecule is CCS(=O)(=O)c1nnc(NC(=O)/C(C#N)=C\c2ccc(-c3ccccc3)o2)s1. The Labute approximate surface area is 165 Å². The summed E-state index contributed by atoms with van der Waals surface area (Å²) in [6.07, 6.45) is 1.30. The van der Waals surface area contributed by atoms with Gasteiger partial charge in [0.2, 0.25) is 19.3 Å². The van der Waals surface area contributed by atoms with Gasteiger partial charge in [-0.05, 0) is 12.1 Å². The van der Waals surface area contributed by atoms with Crippen LogP contribution in [0.3, 0.4) is 0 Å². The number of amides is 1. The maximum absolute atomic E-state index is 12.3. The fraction of sp³-hybridized carbons (Fsp3) is 0.111. The molecule has 3 rings (SSSR count). The van der Waals surface area contributed by atoms with Crippen LogP contribution >= 0.6 is 11.3 Å². The Morgan fingerprint density at radius 3 is 2.68 bits per heavy atom. The molecule has 1 aromatic carbocycles. The number of carbonyl (C=O) groups excluding carboxylic acids is 1. The zero-order valence-corrected chi connectivity index (χ0v) is 16.3. The van der Waals surface area contributed by atoms with Crippen LogP contribution in [-0.4, -0.2) is 30.3 Å². The molecule has 3 aromatic rings. The molecule has 8 nitrogen and oxygen atoms in total. The predicted octanol–water partition coefficient (Wildman–Crippen LogP) is 3.14. The second-order valence-corrected chi connectivity index (χ2v) is 8.90. The molecule has 1 N–H and O–H groups in total. The van der Waals surface area contributed by atoms with Crippen LogP contribution in [-0.2, 0) is 14.6 Å². The molecule has 142 valence electrons. The molecule has 1 amide bonds. The highest BCUT2D eigenvalue weighted by molar-refractivity contribution is 7.93. The highest BCUT2D eigenvalue weighted by Crippen LogP contribution is 2.24. The van der Waals surface area contributed by atoms with Crippen LogP contribution in [0.15, 0.2) is 56.8 Å². The molecule has 0 spiro atoms. The van der Waals surface area contributed by atoms with Crippen LogP contribution < -0.4 is 5.32 Å². The average molecular weight is 414 g/mol. The van der Waals surface area contributed by atoms with E-state index < -0.39 is 15.7 Å². The van der Waals surface area contributed by atoms with Gasteiger partial charge in [0.05, 0.1) is 5.75 Å². The molecule has 0 aliphatic heterocycles. The van der Waals surface area contributed by atoms with Gasteiger partial charge >= 0.3 is 0 Å². The largest absolute Gasteiger partial charge is 0.457 e. The van der Waals surface area contributed by atoms with Gasteiger partial charge in [0.1, 0.15) is 23.2 Å². The number of benzene rings is 1. The lowest BCUT2D eigenvalue weighted by atomic mass is 10.2. The standard InChI is InChI=1S/C18H14N4O4S2/c1-2-28(24,25)18-22-21-17(27-18)20-16(23)13(11-19)10-14-8-9-15(26-14)12-6-4-3-5-7-12/h3-10H,2H2,1H3,(H,20,21,23)/b13-10-. The lowest BCUT2D eigenvalue weighted by Gasteiger charge is -1.98. The predicted molar refractivity (Wildman–Crippen MR) is 104 cm³/mol. The molecule has 2 aromatic heterocycles. The lowest BCUT2D eigenvalue weighted by molar-refractivity contribution is -0.112. The summed E-state index contributed by atoms with van der Waals surface area (Å²) in [4.78, 5) is 12.3. The van der Waals surface area contributed by atoms with E-state index in [1.807, 2.05) is 30.3 Å². The normalized spacial score (nSPS) is 11.8. The number of sulfone groups is 1. The molecule has 2 heterocycles. The van der Waals surface area contributed by atoms with Gasteiger partial charge in [-0.2, -0.15) is 5.26 Å². The molecule has 0 bridgehead atoms. The van der Waals surface area contributed by atoms with Crippen molar-refractivity contribution in [3.05, 3.63) is 53.8 Å². The molecule has 0 unspecified atom stereocenters. The third-order valence-electron chi connectivity index (χ3n) is 3.61. The van der Waals surface area contributed by atoms with Crippen LogP contribution in [0, 0.1) is 11.3 Å². The van der Waals surface area contributed by atoms with Gasteiger partial charge in [0.15, 0.2) is 0 Å². The maximum Gasteiger partial charge on any atom is 0.268 e. The van der Waals surface area contributed by atoms with E-state index in [9.17, 15) is 18.5 Å². The monoisotopic (exact) mass is 414 g/mol. The number of furan rings is 1. The summed E-state index contributed by atoms with van der Waals surface area (Å²) in [7, 11) is -3.51. The van der Waals surface area contributed by atoms with Crippen molar-refractivity contribution in [3.8, 4) is 17.4 Å². The smallest absolute Gasteiger partial charge is 0.268 e. The number of nitrogens with zero attached hydrogens (tertiary/aromatic N) is 3. The number of nitriles is 1. The molecule has 0 fully saturated rings. The van der Waals surface area contributed by atoms with Crippen molar-refractivity contribution in [2.45, 2.75) is 11.3 Å². The summed E-state index contributed by atoms with van der Waals surface area (Å²) >= 11 is 0.726. The van der Waals surface area contributed by atoms with Crippen LogP contribution in [0.4, 0.5) is 5.13 Å². The van der Waals surface area contributed by atoms with Gasteiger partial charge in [-0.25, -0.2) is 8.42 Å². The van der Waals surface area contributed by atoms with Crippen molar-refractivity contribution >= 4 is 38.3 Å². The van der Waals surface area contributed by atoms with Crippen LogP contribution in [0.25, 0.3) is 17.4 Å². The number of nitrogens with one attached hydrogen (secondary N) is 1. The summed E-state index contributed by atoms with van der Waals surface area (Å²) in [6, 6.07) is 14.6. The molecule has 0 atom stereocenters. The minimum absolute atomic E-state index is 0.0115. The summed E-state index contributed by atoms with van der Waals surface area (Å²) in [5, 5.41) is 18.8. The Hall–Kier alpha value is -3.29. The molecular formula is C18H14N4O4S2. The third kappa shape index (κ3) is 4.33. The molecule has 0 saturated carbocycles. The zero-order valence-electron chi connectivity index (χ0n) is 14.6. The van der Waals surface area contributed by atoms with Crippen LogP contribution in [0.2, 0.25) is 0 Å². The zero-order chi connectivity index (χ0) is 20.1. The van der Waals surface area contributed by atoms with E-state index in [1.54, 1.807) is 18.2 Å². The second kappa shape index (κ2) is 8.16. The molecule has 0 radical (unpaired) electrons. The van der Waals surface area contributed by atoms with Crippen molar-refractivity contribution < 1.29 is 17.6 Å². The summed E-state index contributed by atoms with van der Waals surface area (Å²) in [5.74, 6) is 0.0677. The third-order valence-corrected chi connectivity index (χ3v) is 6.63. The Morgan fingerprint density at radius 2 is 2.00 bits per heavy atom. The highest BCUT2D eigenvalue weighted by atomic mass is 32.2. The fourth-order valence-electron chi connectivity index (χ4n) is 2.15. The van der Waals surface area contributed by atoms with E-state index in [4.69, 9.17) is 4.42 Å². The topological polar surface area (TPSA) is 126 Å². The highest BCUT2D eigenvalue weighted by Gasteiger charge is 2.20. The van der Waals surface area contributed by atoms with Gasteiger partial charge in [-0.1, -0.05) is 48.6 Å². The van der Waals surface area contributed by atoms with Crippen molar-refractivity contribution in [2.75, 3.05) is 11.1 Å². The Bertz CT molecular complexity index is 1170. The maximum atomic E-state index is 12.3. The molecule has 0 aliphatic carbocycles. The minimum atomic E-state index is -3.51. The number of aromatic nitrogens is 2. The van der Waals surface area contributed by atoms with Crippen LogP contribution in [0.1, 0.15) is 12.7 Å². The molecule has 10 heteroatoms. The second-order valence-electron chi connectivity index (χ2n) is 5.47. The van der Waals surface area contributed by atoms with Crippen molar-refractivity contribution in [3.63, 3.8) is 0 Å². The van der Waals surface area contributed by atoms with E-state index in [-0.39, 0.29) is 20.8 Å². The number of carbonyl (C=O) groups is 1. The molecule has 0 saturated heterocycles. The fourth-order valence-corrected chi connectivity index (χ4v) is 4.14. The van der Waals surface area contributed by atoms with E-state index in [2.05, 4.69) is 15.5 Å². The Kier molecular flexibility index (Phi) is 5.67. The number of hydrogen-bond donors (Lipinski definition) is 1. The van der Waals surface area contributed by atoms with Crippen molar-refractivity contribution in [2.24, 2.45) is 0 Å². The van der Waals surface area contributed by atoms with E-state index >= 15 is 0 Å². The van der Waals surface area contributed by atoms with Crippen molar-refractivity contribution in [1.82, 2.24) is 10.2 Å². The van der Waals surface area contributed by atoms with Gasteiger partial charge in [0, 0.05) is 11.6 Å². The molecule has 28 heavy (non-hydrogen) atoms. The quantitative estimate of drug-likeness (QED) is 0.373. The van der Waals surface area contributed by atoms with E-state index in [0.717, 1.165) is 16.9 Å². The molecular weight excluding hydrogens is 400 g/mol. The minimum Gasteiger partial charge on any atom is -0.457 e. The van der Waals surface area contributed by atoms with Gasteiger partial charge < -0.3 is 4.42 Å². The number of hydrogen-bond acceptors (Lipinski definition) is 8.